The van der Waals surface area contributed by atoms with Crippen molar-refractivity contribution >= 4 is 11.5 Å². The maximum atomic E-state index is 8.98. The Labute approximate surface area is 103 Å². The molecule has 0 fully saturated rings. The minimum Gasteiger partial charge on any atom is -0.398 e. The topological polar surface area (TPSA) is 71.2 Å². The van der Waals surface area contributed by atoms with Crippen molar-refractivity contribution < 1.29 is 5.11 Å². The quantitative estimate of drug-likeness (QED) is 0.679. The van der Waals surface area contributed by atoms with E-state index in [9.17, 15) is 0 Å². The molecule has 0 aliphatic heterocycles. The molecule has 0 bridgehead atoms. The lowest BCUT2D eigenvalue weighted by molar-refractivity contribution is 0.255. The number of aryl methyl sites for hydroxylation is 1. The maximum Gasteiger partial charge on any atom is 0.127 e. The highest BCUT2D eigenvalue weighted by atomic mass is 16.3. The van der Waals surface area contributed by atoms with E-state index in [1.165, 1.54) is 0 Å². The number of nitrogens with zero attached hydrogens (tertiary/aromatic N) is 1. The largest absolute Gasteiger partial charge is 0.398 e. The summed E-state index contributed by atoms with van der Waals surface area (Å²) in [6.45, 7) is 5.18. The third-order valence-corrected chi connectivity index (χ3v) is 2.95. The SMILES string of the molecule is CCCC(CCO)CNc1cc(N)c(C)cn1. The molecule has 0 amide bonds. The van der Waals surface area contributed by atoms with Crippen LogP contribution in [0.2, 0.25) is 0 Å². The molecule has 1 aromatic rings. The number of rotatable bonds is 7. The van der Waals surface area contributed by atoms with Crippen LogP contribution in [-0.2, 0) is 0 Å². The molecule has 0 saturated heterocycles. The Bertz CT molecular complexity index is 335. The number of aromatic nitrogens is 1. The first-order valence-corrected chi connectivity index (χ1v) is 6.24. The predicted octanol–water partition coefficient (Wildman–Crippen LogP) is 2.18. The van der Waals surface area contributed by atoms with Gasteiger partial charge in [-0.25, -0.2) is 4.98 Å². The molecule has 0 aromatic carbocycles. The lowest BCUT2D eigenvalue weighted by atomic mass is 10.0. The summed E-state index contributed by atoms with van der Waals surface area (Å²) in [5, 5.41) is 12.3. The first kappa shape index (κ1) is 13.8. The first-order chi connectivity index (χ1) is 8.17. The van der Waals surface area contributed by atoms with Gasteiger partial charge >= 0.3 is 0 Å². The third-order valence-electron chi connectivity index (χ3n) is 2.95. The second-order valence-electron chi connectivity index (χ2n) is 4.47. The van der Waals surface area contributed by atoms with Crippen LogP contribution in [0.3, 0.4) is 0 Å². The highest BCUT2D eigenvalue weighted by molar-refractivity contribution is 5.53. The van der Waals surface area contributed by atoms with E-state index in [2.05, 4.69) is 17.2 Å². The van der Waals surface area contributed by atoms with E-state index in [4.69, 9.17) is 10.8 Å². The number of nitrogens with one attached hydrogen (secondary N) is 1. The normalized spacial score (nSPS) is 12.4. The second kappa shape index (κ2) is 7.12. The monoisotopic (exact) mass is 237 g/mol. The van der Waals surface area contributed by atoms with Gasteiger partial charge in [0.2, 0.25) is 0 Å². The summed E-state index contributed by atoms with van der Waals surface area (Å²) in [4.78, 5) is 4.28. The molecule has 1 heterocycles. The van der Waals surface area contributed by atoms with E-state index in [1.807, 2.05) is 13.0 Å². The van der Waals surface area contributed by atoms with E-state index >= 15 is 0 Å². The Morgan fingerprint density at radius 2 is 2.24 bits per heavy atom. The van der Waals surface area contributed by atoms with Crippen LogP contribution in [0.5, 0.6) is 0 Å². The number of hydrogen-bond donors (Lipinski definition) is 3. The highest BCUT2D eigenvalue weighted by Gasteiger charge is 2.07. The minimum atomic E-state index is 0.246. The summed E-state index contributed by atoms with van der Waals surface area (Å²) in [6, 6.07) is 1.86. The van der Waals surface area contributed by atoms with Crippen molar-refractivity contribution in [1.82, 2.24) is 4.98 Å². The molecule has 1 unspecified atom stereocenters. The Balaban J connectivity index is 2.49. The molecule has 4 heteroatoms. The van der Waals surface area contributed by atoms with Crippen molar-refractivity contribution in [2.75, 3.05) is 24.2 Å². The van der Waals surface area contributed by atoms with Gasteiger partial charge in [0.1, 0.15) is 5.82 Å². The Kier molecular flexibility index (Phi) is 5.77. The fourth-order valence-corrected chi connectivity index (χ4v) is 1.82. The smallest absolute Gasteiger partial charge is 0.127 e. The number of nitrogen functional groups attached to an aromatic ring is 1. The number of aliphatic hydroxyl groups excluding tert-OH is 1. The van der Waals surface area contributed by atoms with E-state index in [0.29, 0.717) is 5.92 Å². The average molecular weight is 237 g/mol. The van der Waals surface area contributed by atoms with Crippen LogP contribution in [0.4, 0.5) is 11.5 Å². The van der Waals surface area contributed by atoms with Crippen LogP contribution in [0.15, 0.2) is 12.3 Å². The van der Waals surface area contributed by atoms with E-state index in [1.54, 1.807) is 6.20 Å². The molecule has 4 nitrogen and oxygen atoms in total. The maximum absolute atomic E-state index is 8.98. The van der Waals surface area contributed by atoms with E-state index in [-0.39, 0.29) is 6.61 Å². The summed E-state index contributed by atoms with van der Waals surface area (Å²) in [6.07, 6.45) is 4.87. The Morgan fingerprint density at radius 3 is 2.82 bits per heavy atom. The molecule has 0 spiro atoms. The lowest BCUT2D eigenvalue weighted by Gasteiger charge is -2.16. The van der Waals surface area contributed by atoms with Gasteiger partial charge in [-0.2, -0.15) is 0 Å². The summed E-state index contributed by atoms with van der Waals surface area (Å²) in [5.74, 6) is 1.31. The molecule has 17 heavy (non-hydrogen) atoms. The Hall–Kier alpha value is -1.29. The number of aliphatic hydroxyl groups is 1. The lowest BCUT2D eigenvalue weighted by Crippen LogP contribution is -2.16. The Morgan fingerprint density at radius 1 is 1.47 bits per heavy atom. The van der Waals surface area contributed by atoms with E-state index < -0.39 is 0 Å². The fourth-order valence-electron chi connectivity index (χ4n) is 1.82. The fraction of sp³-hybridized carbons (Fsp3) is 0.615. The first-order valence-electron chi connectivity index (χ1n) is 6.24. The summed E-state index contributed by atoms with van der Waals surface area (Å²) < 4.78 is 0. The van der Waals surface area contributed by atoms with Crippen LogP contribution in [0.1, 0.15) is 31.7 Å². The predicted molar refractivity (Wildman–Crippen MR) is 72.0 cm³/mol. The zero-order chi connectivity index (χ0) is 12.7. The van der Waals surface area contributed by atoms with Gasteiger partial charge in [-0.1, -0.05) is 13.3 Å². The second-order valence-corrected chi connectivity index (χ2v) is 4.47. The van der Waals surface area contributed by atoms with Crippen LogP contribution in [0, 0.1) is 12.8 Å². The van der Waals surface area contributed by atoms with Crippen LogP contribution in [0.25, 0.3) is 0 Å². The van der Waals surface area contributed by atoms with Crippen molar-refractivity contribution in [3.8, 4) is 0 Å². The molecule has 96 valence electrons. The van der Waals surface area contributed by atoms with Crippen molar-refractivity contribution in [3.63, 3.8) is 0 Å². The van der Waals surface area contributed by atoms with Gasteiger partial charge in [0, 0.05) is 31.1 Å². The zero-order valence-electron chi connectivity index (χ0n) is 10.7. The van der Waals surface area contributed by atoms with Gasteiger partial charge in [0.15, 0.2) is 0 Å². The molecule has 0 aliphatic rings. The van der Waals surface area contributed by atoms with Crippen molar-refractivity contribution in [3.05, 3.63) is 17.8 Å². The van der Waals surface area contributed by atoms with Crippen molar-refractivity contribution in [2.45, 2.75) is 33.1 Å². The molecule has 0 saturated carbocycles. The van der Waals surface area contributed by atoms with Crippen LogP contribution in [-0.4, -0.2) is 23.2 Å². The number of pyridine rings is 1. The number of nitrogens with two attached hydrogens (primary N) is 1. The number of hydrogen-bond acceptors (Lipinski definition) is 4. The van der Waals surface area contributed by atoms with Gasteiger partial charge in [-0.15, -0.1) is 0 Å². The molecule has 4 N–H and O–H groups in total. The molecule has 1 atom stereocenters. The van der Waals surface area contributed by atoms with Gasteiger partial charge in [-0.05, 0) is 31.2 Å². The molecule has 0 radical (unpaired) electrons. The minimum absolute atomic E-state index is 0.246. The summed E-state index contributed by atoms with van der Waals surface area (Å²) in [7, 11) is 0. The van der Waals surface area contributed by atoms with Crippen molar-refractivity contribution in [2.24, 2.45) is 5.92 Å². The summed E-state index contributed by atoms with van der Waals surface area (Å²) >= 11 is 0. The van der Waals surface area contributed by atoms with Crippen LogP contribution >= 0.6 is 0 Å². The molecule has 1 aromatic heterocycles. The zero-order valence-corrected chi connectivity index (χ0v) is 10.7. The number of anilines is 2. The van der Waals surface area contributed by atoms with Gasteiger partial charge < -0.3 is 16.2 Å². The van der Waals surface area contributed by atoms with Crippen LogP contribution < -0.4 is 11.1 Å². The van der Waals surface area contributed by atoms with Gasteiger partial charge in [0.25, 0.3) is 0 Å². The van der Waals surface area contributed by atoms with Gasteiger partial charge in [0.05, 0.1) is 0 Å². The average Bonchev–Trinajstić information content (AvgIpc) is 2.31. The molecular weight excluding hydrogens is 214 g/mol. The standard InChI is InChI=1S/C13H23N3O/c1-3-4-11(5-6-17)9-16-13-7-12(14)10(2)8-15-13/h7-8,11,17H,3-6,9H2,1-2H3,(H3,14,15,16). The molecular formula is C13H23N3O. The van der Waals surface area contributed by atoms with Gasteiger partial charge in [-0.3, -0.25) is 0 Å². The molecule has 1 rings (SSSR count). The molecule has 0 aliphatic carbocycles. The van der Waals surface area contributed by atoms with Crippen molar-refractivity contribution in [1.29, 1.82) is 0 Å². The highest BCUT2D eigenvalue weighted by Crippen LogP contribution is 2.16. The summed E-state index contributed by atoms with van der Waals surface area (Å²) in [5.41, 5.74) is 7.58. The van der Waals surface area contributed by atoms with E-state index in [0.717, 1.165) is 42.9 Å². The third kappa shape index (κ3) is 4.61.